The molecule has 0 bridgehead atoms. The summed E-state index contributed by atoms with van der Waals surface area (Å²) >= 11 is 0. The van der Waals surface area contributed by atoms with Crippen LogP contribution in [0.4, 0.5) is 10.1 Å². The van der Waals surface area contributed by atoms with Gasteiger partial charge in [0.25, 0.3) is 5.69 Å². The van der Waals surface area contributed by atoms with E-state index in [2.05, 4.69) is 0 Å². The van der Waals surface area contributed by atoms with Crippen LogP contribution in [0.2, 0.25) is 0 Å². The van der Waals surface area contributed by atoms with Crippen molar-refractivity contribution < 1.29 is 9.31 Å². The Morgan fingerprint density at radius 1 is 1.47 bits per heavy atom. The minimum atomic E-state index is -0.597. The molecule has 0 saturated heterocycles. The molecular formula is C12H17FN2O2. The maximum Gasteiger partial charge on any atom is 0.272 e. The van der Waals surface area contributed by atoms with Gasteiger partial charge in [0.15, 0.2) is 0 Å². The van der Waals surface area contributed by atoms with Gasteiger partial charge < -0.3 is 5.73 Å². The highest BCUT2D eigenvalue weighted by atomic mass is 19.1. The van der Waals surface area contributed by atoms with E-state index in [-0.39, 0.29) is 5.69 Å². The number of nitro groups is 1. The lowest BCUT2D eigenvalue weighted by Gasteiger charge is -2.23. The summed E-state index contributed by atoms with van der Waals surface area (Å²) in [4.78, 5) is 10.0. The first-order chi connectivity index (χ1) is 7.84. The highest BCUT2D eigenvalue weighted by Gasteiger charge is 2.20. The Labute approximate surface area is 99.8 Å². The van der Waals surface area contributed by atoms with Crippen LogP contribution in [-0.2, 0) is 6.42 Å². The van der Waals surface area contributed by atoms with Crippen molar-refractivity contribution in [1.82, 2.24) is 0 Å². The van der Waals surface area contributed by atoms with Gasteiger partial charge >= 0.3 is 0 Å². The molecule has 0 amide bonds. The lowest BCUT2D eigenvalue weighted by atomic mass is 9.89. The first-order valence-corrected chi connectivity index (χ1v) is 5.57. The lowest BCUT2D eigenvalue weighted by molar-refractivity contribution is -0.385. The smallest absolute Gasteiger partial charge is 0.272 e. The van der Waals surface area contributed by atoms with Crippen molar-refractivity contribution in [2.45, 2.75) is 38.6 Å². The van der Waals surface area contributed by atoms with Crippen molar-refractivity contribution in [2.24, 2.45) is 5.73 Å². The fraction of sp³-hybridized carbons (Fsp3) is 0.500. The van der Waals surface area contributed by atoms with Crippen LogP contribution in [0.5, 0.6) is 0 Å². The third-order valence-corrected chi connectivity index (χ3v) is 2.58. The van der Waals surface area contributed by atoms with Gasteiger partial charge in [-0.05, 0) is 31.4 Å². The number of hydrogen-bond acceptors (Lipinski definition) is 3. The van der Waals surface area contributed by atoms with E-state index in [0.717, 1.165) is 18.9 Å². The van der Waals surface area contributed by atoms with E-state index in [1.54, 1.807) is 0 Å². The molecule has 0 fully saturated rings. The van der Waals surface area contributed by atoms with Crippen LogP contribution in [0.1, 0.15) is 32.3 Å². The molecule has 0 aliphatic heterocycles. The van der Waals surface area contributed by atoms with Crippen molar-refractivity contribution in [3.63, 3.8) is 0 Å². The second-order valence-corrected chi connectivity index (χ2v) is 4.66. The normalized spacial score (nSPS) is 14.4. The molecule has 0 spiro atoms. The number of rotatable bonds is 5. The van der Waals surface area contributed by atoms with Crippen LogP contribution in [-0.4, -0.2) is 10.5 Å². The first kappa shape index (κ1) is 13.6. The fourth-order valence-corrected chi connectivity index (χ4v) is 1.97. The molecule has 1 rings (SSSR count). The minimum Gasteiger partial charge on any atom is -0.325 e. The molecule has 0 radical (unpaired) electrons. The molecule has 2 N–H and O–H groups in total. The molecule has 1 atom stereocenters. The summed E-state index contributed by atoms with van der Waals surface area (Å²) in [6.07, 6.45) is 2.14. The Morgan fingerprint density at radius 2 is 2.12 bits per heavy atom. The van der Waals surface area contributed by atoms with E-state index >= 15 is 0 Å². The van der Waals surface area contributed by atoms with Crippen molar-refractivity contribution in [3.05, 3.63) is 39.7 Å². The van der Waals surface area contributed by atoms with Gasteiger partial charge in [0.1, 0.15) is 5.82 Å². The second-order valence-electron chi connectivity index (χ2n) is 4.66. The molecule has 1 aromatic rings. The Hall–Kier alpha value is -1.49. The number of hydrogen-bond donors (Lipinski definition) is 1. The summed E-state index contributed by atoms with van der Waals surface area (Å²) in [5.74, 6) is -0.596. The van der Waals surface area contributed by atoms with Gasteiger partial charge in [-0.1, -0.05) is 13.3 Å². The first-order valence-electron chi connectivity index (χ1n) is 5.57. The van der Waals surface area contributed by atoms with E-state index < -0.39 is 16.3 Å². The highest BCUT2D eigenvalue weighted by Crippen LogP contribution is 2.21. The molecule has 0 aliphatic rings. The van der Waals surface area contributed by atoms with Gasteiger partial charge in [0, 0.05) is 11.6 Å². The van der Waals surface area contributed by atoms with Crippen LogP contribution < -0.4 is 5.73 Å². The Kier molecular flexibility index (Phi) is 4.17. The highest BCUT2D eigenvalue weighted by molar-refractivity contribution is 5.36. The van der Waals surface area contributed by atoms with E-state index in [1.807, 2.05) is 13.8 Å². The molecule has 0 saturated carbocycles. The average Bonchev–Trinajstić information content (AvgIpc) is 2.15. The van der Waals surface area contributed by atoms with Gasteiger partial charge in [-0.15, -0.1) is 0 Å². The topological polar surface area (TPSA) is 69.2 Å². The monoisotopic (exact) mass is 240 g/mol. The van der Waals surface area contributed by atoms with Crippen LogP contribution in [0.3, 0.4) is 0 Å². The van der Waals surface area contributed by atoms with Gasteiger partial charge in [0.2, 0.25) is 0 Å². The second kappa shape index (κ2) is 5.23. The van der Waals surface area contributed by atoms with Gasteiger partial charge in [-0.3, -0.25) is 10.1 Å². The fourth-order valence-electron chi connectivity index (χ4n) is 1.97. The maximum atomic E-state index is 13.2. The van der Waals surface area contributed by atoms with Crippen LogP contribution in [0.25, 0.3) is 0 Å². The van der Waals surface area contributed by atoms with Crippen LogP contribution in [0, 0.1) is 15.9 Å². The van der Waals surface area contributed by atoms with Crippen molar-refractivity contribution in [3.8, 4) is 0 Å². The standard InChI is InChI=1S/C12H17FN2O2/c1-3-4-12(2,14)8-9-5-10(13)7-11(6-9)15(16)17/h5-7H,3-4,8,14H2,1-2H3. The van der Waals surface area contributed by atoms with Crippen LogP contribution >= 0.6 is 0 Å². The molecule has 0 aliphatic carbocycles. The zero-order valence-corrected chi connectivity index (χ0v) is 10.1. The minimum absolute atomic E-state index is 0.229. The number of nitrogens with two attached hydrogens (primary N) is 1. The predicted molar refractivity (Wildman–Crippen MR) is 64.3 cm³/mol. The molecule has 0 heterocycles. The van der Waals surface area contributed by atoms with E-state index in [4.69, 9.17) is 5.73 Å². The Morgan fingerprint density at radius 3 is 2.65 bits per heavy atom. The summed E-state index contributed by atoms with van der Waals surface area (Å²) in [6, 6.07) is 3.59. The summed E-state index contributed by atoms with van der Waals surface area (Å²) < 4.78 is 13.2. The Balaban J connectivity index is 2.95. The van der Waals surface area contributed by atoms with E-state index in [0.29, 0.717) is 12.0 Å². The van der Waals surface area contributed by atoms with Crippen molar-refractivity contribution in [1.29, 1.82) is 0 Å². The zero-order valence-electron chi connectivity index (χ0n) is 10.1. The molecular weight excluding hydrogens is 223 g/mol. The van der Waals surface area contributed by atoms with Crippen molar-refractivity contribution in [2.75, 3.05) is 0 Å². The summed E-state index contributed by atoms with van der Waals surface area (Å²) in [5.41, 5.74) is 5.92. The number of benzene rings is 1. The number of non-ortho nitro benzene ring substituents is 1. The maximum absolute atomic E-state index is 13.2. The molecule has 17 heavy (non-hydrogen) atoms. The predicted octanol–water partition coefficient (Wildman–Crippen LogP) is 2.79. The third-order valence-electron chi connectivity index (χ3n) is 2.58. The largest absolute Gasteiger partial charge is 0.325 e. The molecule has 4 nitrogen and oxygen atoms in total. The van der Waals surface area contributed by atoms with E-state index in [1.165, 1.54) is 12.1 Å². The molecule has 5 heteroatoms. The van der Waals surface area contributed by atoms with Gasteiger partial charge in [0.05, 0.1) is 11.0 Å². The molecule has 1 aromatic carbocycles. The Bertz CT molecular complexity index is 419. The van der Waals surface area contributed by atoms with Gasteiger partial charge in [-0.2, -0.15) is 0 Å². The number of nitro benzene ring substituents is 1. The van der Waals surface area contributed by atoms with E-state index in [9.17, 15) is 14.5 Å². The zero-order chi connectivity index (χ0) is 13.1. The third kappa shape index (κ3) is 4.11. The lowest BCUT2D eigenvalue weighted by Crippen LogP contribution is -2.38. The quantitative estimate of drug-likeness (QED) is 0.635. The van der Waals surface area contributed by atoms with Gasteiger partial charge in [-0.25, -0.2) is 4.39 Å². The average molecular weight is 240 g/mol. The SMILES string of the molecule is CCCC(C)(N)Cc1cc(F)cc([N+](=O)[O-])c1. The molecule has 94 valence electrons. The van der Waals surface area contributed by atoms with Crippen molar-refractivity contribution >= 4 is 5.69 Å². The number of halogens is 1. The summed E-state index contributed by atoms with van der Waals surface area (Å²) in [7, 11) is 0. The summed E-state index contributed by atoms with van der Waals surface area (Å²) in [5, 5.41) is 10.6. The van der Waals surface area contributed by atoms with Crippen LogP contribution in [0.15, 0.2) is 18.2 Å². The number of nitrogens with zero attached hydrogens (tertiary/aromatic N) is 1. The molecule has 1 unspecified atom stereocenters. The molecule has 0 aromatic heterocycles. The summed E-state index contributed by atoms with van der Waals surface area (Å²) in [6.45, 7) is 3.88.